The molecule has 182 valence electrons. The maximum atomic E-state index is 13.1. The summed E-state index contributed by atoms with van der Waals surface area (Å²) in [5, 5.41) is 18.5. The first kappa shape index (κ1) is 24.1. The van der Waals surface area contributed by atoms with Crippen molar-refractivity contribution in [2.24, 2.45) is 0 Å². The molecule has 0 bridgehead atoms. The molecule has 0 saturated carbocycles. The van der Waals surface area contributed by atoms with Crippen molar-refractivity contribution in [3.8, 4) is 0 Å². The summed E-state index contributed by atoms with van der Waals surface area (Å²) in [5.74, 6) is -1.43. The van der Waals surface area contributed by atoms with Crippen molar-refractivity contribution < 1.29 is 19.5 Å². The number of carbonyl (C=O) groups is 3. The van der Waals surface area contributed by atoms with Gasteiger partial charge in [0.2, 0.25) is 5.91 Å². The topological polar surface area (TPSA) is 95.5 Å². The molecule has 3 N–H and O–H groups in total. The number of thioether (sulfide) groups is 1. The van der Waals surface area contributed by atoms with Gasteiger partial charge in [-0.3, -0.25) is 9.59 Å². The van der Waals surface area contributed by atoms with Crippen LogP contribution in [-0.4, -0.2) is 28.6 Å². The largest absolute Gasteiger partial charge is 0.478 e. The van der Waals surface area contributed by atoms with E-state index in [1.165, 1.54) is 17.8 Å². The summed E-state index contributed by atoms with van der Waals surface area (Å²) in [6.07, 6.45) is 0. The Bertz CT molecular complexity index is 1650. The zero-order valence-corrected chi connectivity index (χ0v) is 20.4. The molecule has 5 rings (SSSR count). The summed E-state index contributed by atoms with van der Waals surface area (Å²) in [7, 11) is 0. The Morgan fingerprint density at radius 2 is 1.38 bits per heavy atom. The normalized spacial score (nSPS) is 10.8. The molecule has 0 fully saturated rings. The average molecular weight is 507 g/mol. The van der Waals surface area contributed by atoms with E-state index in [0.29, 0.717) is 16.5 Å². The number of aromatic carboxylic acids is 1. The van der Waals surface area contributed by atoms with E-state index in [0.717, 1.165) is 21.4 Å². The molecular formula is C30H22N2O4S. The van der Waals surface area contributed by atoms with Crippen LogP contribution in [0, 0.1) is 0 Å². The first-order valence-corrected chi connectivity index (χ1v) is 12.5. The van der Waals surface area contributed by atoms with Crippen molar-refractivity contribution in [1.82, 2.24) is 0 Å². The molecule has 5 aromatic rings. The van der Waals surface area contributed by atoms with Crippen LogP contribution in [0.1, 0.15) is 20.7 Å². The Labute approximate surface area is 217 Å². The number of hydrogen-bond donors (Lipinski definition) is 3. The molecule has 0 saturated heterocycles. The van der Waals surface area contributed by atoms with Gasteiger partial charge in [-0.1, -0.05) is 66.7 Å². The molecule has 0 atom stereocenters. The number of amides is 2. The van der Waals surface area contributed by atoms with Gasteiger partial charge in [0.25, 0.3) is 5.91 Å². The fraction of sp³-hybridized carbons (Fsp3) is 0.0333. The second-order valence-corrected chi connectivity index (χ2v) is 9.41. The number of carbonyl (C=O) groups excluding carboxylic acids is 2. The summed E-state index contributed by atoms with van der Waals surface area (Å²) < 4.78 is 0. The van der Waals surface area contributed by atoms with Gasteiger partial charge in [-0.15, -0.1) is 11.8 Å². The lowest BCUT2D eigenvalue weighted by atomic mass is 9.98. The van der Waals surface area contributed by atoms with Gasteiger partial charge < -0.3 is 15.7 Å². The van der Waals surface area contributed by atoms with Gasteiger partial charge in [0.1, 0.15) is 0 Å². The second kappa shape index (κ2) is 10.6. The van der Waals surface area contributed by atoms with Gasteiger partial charge >= 0.3 is 5.97 Å². The molecule has 0 aromatic heterocycles. The third kappa shape index (κ3) is 5.32. The van der Waals surface area contributed by atoms with E-state index >= 15 is 0 Å². The van der Waals surface area contributed by atoms with E-state index in [9.17, 15) is 19.5 Å². The predicted octanol–water partition coefficient (Wildman–Crippen LogP) is 6.67. The molecule has 6 nitrogen and oxygen atoms in total. The van der Waals surface area contributed by atoms with Crippen LogP contribution < -0.4 is 10.6 Å². The summed E-state index contributed by atoms with van der Waals surface area (Å²) in [5.41, 5.74) is 1.67. The van der Waals surface area contributed by atoms with Crippen molar-refractivity contribution in [3.63, 3.8) is 0 Å². The Hall–Kier alpha value is -4.62. The number of hydrogen-bond acceptors (Lipinski definition) is 4. The smallest absolute Gasteiger partial charge is 0.336 e. The molecule has 37 heavy (non-hydrogen) atoms. The van der Waals surface area contributed by atoms with Gasteiger partial charge in [0.15, 0.2) is 0 Å². The molecule has 0 aliphatic heterocycles. The van der Waals surface area contributed by atoms with Crippen LogP contribution >= 0.6 is 11.8 Å². The Kier molecular flexibility index (Phi) is 6.87. The zero-order chi connectivity index (χ0) is 25.8. The molecule has 0 aliphatic carbocycles. The number of anilines is 2. The van der Waals surface area contributed by atoms with Crippen LogP contribution in [0.25, 0.3) is 21.5 Å². The van der Waals surface area contributed by atoms with E-state index < -0.39 is 11.9 Å². The predicted molar refractivity (Wildman–Crippen MR) is 149 cm³/mol. The molecule has 0 aliphatic rings. The number of nitrogens with one attached hydrogen (secondary N) is 2. The van der Waals surface area contributed by atoms with Crippen molar-refractivity contribution in [1.29, 1.82) is 0 Å². The maximum Gasteiger partial charge on any atom is 0.336 e. The fourth-order valence-electron chi connectivity index (χ4n) is 4.24. The minimum Gasteiger partial charge on any atom is -0.478 e. The number of rotatable bonds is 7. The highest BCUT2D eigenvalue weighted by molar-refractivity contribution is 8.00. The van der Waals surface area contributed by atoms with E-state index in [4.69, 9.17) is 0 Å². The number of fused-ring (bicyclic) bond motifs is 2. The van der Waals surface area contributed by atoms with E-state index in [1.54, 1.807) is 48.5 Å². The van der Waals surface area contributed by atoms with Gasteiger partial charge in [0.05, 0.1) is 11.3 Å². The first-order chi connectivity index (χ1) is 18.0. The minimum atomic E-state index is -1.09. The van der Waals surface area contributed by atoms with Gasteiger partial charge in [-0.25, -0.2) is 4.79 Å². The molecule has 0 spiro atoms. The van der Waals surface area contributed by atoms with Crippen LogP contribution in [0.3, 0.4) is 0 Å². The second-order valence-electron chi connectivity index (χ2n) is 8.36. The van der Waals surface area contributed by atoms with Crippen LogP contribution in [0.4, 0.5) is 11.4 Å². The van der Waals surface area contributed by atoms with Crippen LogP contribution in [0.15, 0.2) is 108 Å². The summed E-state index contributed by atoms with van der Waals surface area (Å²) in [6, 6.07) is 30.9. The van der Waals surface area contributed by atoms with E-state index in [-0.39, 0.29) is 22.8 Å². The minimum absolute atomic E-state index is 0.0739. The third-order valence-corrected chi connectivity index (χ3v) is 6.90. The highest BCUT2D eigenvalue weighted by Gasteiger charge is 2.17. The summed E-state index contributed by atoms with van der Waals surface area (Å²) >= 11 is 1.36. The van der Waals surface area contributed by atoms with Gasteiger partial charge in [-0.05, 0) is 47.2 Å². The number of benzene rings is 5. The Morgan fingerprint density at radius 3 is 2.19 bits per heavy atom. The lowest BCUT2D eigenvalue weighted by Crippen LogP contribution is -2.14. The molecule has 2 amide bonds. The zero-order valence-electron chi connectivity index (χ0n) is 19.6. The van der Waals surface area contributed by atoms with Crippen molar-refractivity contribution in [2.75, 3.05) is 16.4 Å². The molecule has 7 heteroatoms. The molecule has 0 radical (unpaired) electrons. The third-order valence-electron chi connectivity index (χ3n) is 5.91. The van der Waals surface area contributed by atoms with Crippen molar-refractivity contribution in [3.05, 3.63) is 114 Å². The van der Waals surface area contributed by atoms with Crippen molar-refractivity contribution in [2.45, 2.75) is 4.90 Å². The summed E-state index contributed by atoms with van der Waals surface area (Å²) in [4.78, 5) is 38.3. The molecule has 0 unspecified atom stereocenters. The summed E-state index contributed by atoms with van der Waals surface area (Å²) in [6.45, 7) is 0. The van der Waals surface area contributed by atoms with Crippen LogP contribution in [0.2, 0.25) is 0 Å². The lowest BCUT2D eigenvalue weighted by Gasteiger charge is -2.11. The first-order valence-electron chi connectivity index (χ1n) is 11.6. The fourth-order valence-corrected chi connectivity index (χ4v) is 5.00. The van der Waals surface area contributed by atoms with Gasteiger partial charge in [-0.2, -0.15) is 0 Å². The lowest BCUT2D eigenvalue weighted by molar-refractivity contribution is -0.113. The average Bonchev–Trinajstić information content (AvgIpc) is 2.91. The molecule has 5 aromatic carbocycles. The monoisotopic (exact) mass is 506 g/mol. The van der Waals surface area contributed by atoms with E-state index in [1.807, 2.05) is 48.5 Å². The van der Waals surface area contributed by atoms with Crippen LogP contribution in [0.5, 0.6) is 0 Å². The SMILES string of the molecule is O=C(CSc1cccc(NC(=O)c2cccc3cccc(C(=O)O)c23)c1)Nc1cccc2ccccc12. The number of carboxylic acids is 1. The molecule has 0 heterocycles. The maximum absolute atomic E-state index is 13.1. The quantitative estimate of drug-likeness (QED) is 0.214. The van der Waals surface area contributed by atoms with E-state index in [2.05, 4.69) is 10.6 Å². The van der Waals surface area contributed by atoms with Crippen molar-refractivity contribution >= 4 is 62.5 Å². The van der Waals surface area contributed by atoms with Gasteiger partial charge in [0, 0.05) is 32.6 Å². The highest BCUT2D eigenvalue weighted by atomic mass is 32.2. The Balaban J connectivity index is 1.28. The highest BCUT2D eigenvalue weighted by Crippen LogP contribution is 2.27. The standard InChI is InChI=1S/C30H22N2O4S/c33-27(32-26-16-5-8-19-7-1-2-13-23(19)26)18-37-22-12-6-11-21(17-22)31-29(34)24-14-3-9-20-10-4-15-25(28(20)24)30(35)36/h1-17H,18H2,(H,31,34)(H,32,33)(H,35,36). The Morgan fingerprint density at radius 1 is 0.703 bits per heavy atom. The molecular weight excluding hydrogens is 484 g/mol. The number of carboxylic acid groups (broad SMARTS) is 1. The van der Waals surface area contributed by atoms with Crippen LogP contribution in [-0.2, 0) is 4.79 Å².